The third-order valence-electron chi connectivity index (χ3n) is 3.04. The molecule has 0 bridgehead atoms. The summed E-state index contributed by atoms with van der Waals surface area (Å²) in [5.41, 5.74) is 0.777. The lowest BCUT2D eigenvalue weighted by molar-refractivity contribution is 0.282. The summed E-state index contributed by atoms with van der Waals surface area (Å²) in [6.07, 6.45) is 0. The molecule has 7 heteroatoms. The Morgan fingerprint density at radius 1 is 1.19 bits per heavy atom. The predicted octanol–water partition coefficient (Wildman–Crippen LogP) is 2.80. The molecule has 0 aliphatic rings. The standard InChI is InChI=1S/C14H13ClFNO3S/c1-17(12-5-3-11(16)4-6-12)21(19,20)13-7-2-10(9-18)14(15)8-13/h2-8,18H,9H2,1H3. The van der Waals surface area contributed by atoms with Crippen molar-refractivity contribution in [2.75, 3.05) is 11.4 Å². The molecule has 0 radical (unpaired) electrons. The molecular formula is C14H13ClFNO3S. The Hall–Kier alpha value is -1.63. The molecule has 0 saturated heterocycles. The number of aliphatic hydroxyl groups excluding tert-OH is 1. The van der Waals surface area contributed by atoms with Crippen LogP contribution in [-0.4, -0.2) is 20.6 Å². The van der Waals surface area contributed by atoms with Crippen LogP contribution < -0.4 is 4.31 Å². The second kappa shape index (κ2) is 6.01. The number of aliphatic hydroxyl groups is 1. The zero-order valence-corrected chi connectivity index (χ0v) is 12.7. The van der Waals surface area contributed by atoms with Crippen molar-refractivity contribution >= 4 is 27.3 Å². The van der Waals surface area contributed by atoms with Crippen molar-refractivity contribution in [2.45, 2.75) is 11.5 Å². The second-order valence-electron chi connectivity index (χ2n) is 4.36. The van der Waals surface area contributed by atoms with E-state index in [1.54, 1.807) is 0 Å². The van der Waals surface area contributed by atoms with Crippen molar-refractivity contribution in [1.82, 2.24) is 0 Å². The number of benzene rings is 2. The van der Waals surface area contributed by atoms with Crippen LogP contribution in [0.15, 0.2) is 47.4 Å². The number of hydrogen-bond donors (Lipinski definition) is 1. The van der Waals surface area contributed by atoms with Crippen LogP contribution >= 0.6 is 11.6 Å². The van der Waals surface area contributed by atoms with Gasteiger partial charge in [-0.25, -0.2) is 12.8 Å². The van der Waals surface area contributed by atoms with Gasteiger partial charge >= 0.3 is 0 Å². The lowest BCUT2D eigenvalue weighted by Gasteiger charge is -2.20. The van der Waals surface area contributed by atoms with E-state index in [0.717, 1.165) is 4.31 Å². The normalized spacial score (nSPS) is 11.4. The molecule has 0 atom stereocenters. The zero-order chi connectivity index (χ0) is 15.6. The smallest absolute Gasteiger partial charge is 0.264 e. The first-order valence-electron chi connectivity index (χ1n) is 6.00. The second-order valence-corrected chi connectivity index (χ2v) is 6.74. The van der Waals surface area contributed by atoms with Gasteiger partial charge in [0.05, 0.1) is 17.2 Å². The highest BCUT2D eigenvalue weighted by Crippen LogP contribution is 2.26. The molecule has 2 aromatic rings. The van der Waals surface area contributed by atoms with Gasteiger partial charge in [0.1, 0.15) is 5.82 Å². The Bertz CT molecular complexity index is 747. The number of rotatable bonds is 4. The molecule has 0 saturated carbocycles. The molecule has 0 fully saturated rings. The van der Waals surface area contributed by atoms with Crippen molar-refractivity contribution < 1.29 is 17.9 Å². The number of nitrogens with zero attached hydrogens (tertiary/aromatic N) is 1. The van der Waals surface area contributed by atoms with E-state index in [2.05, 4.69) is 0 Å². The molecule has 0 aromatic heterocycles. The van der Waals surface area contributed by atoms with Gasteiger partial charge in [-0.3, -0.25) is 4.31 Å². The lowest BCUT2D eigenvalue weighted by Crippen LogP contribution is -2.26. The van der Waals surface area contributed by atoms with Crippen molar-refractivity contribution in [3.05, 3.63) is 58.9 Å². The largest absolute Gasteiger partial charge is 0.392 e. The summed E-state index contributed by atoms with van der Waals surface area (Å²) in [7, 11) is -2.44. The van der Waals surface area contributed by atoms with Gasteiger partial charge in [-0.1, -0.05) is 17.7 Å². The minimum atomic E-state index is -3.81. The van der Waals surface area contributed by atoms with Crippen molar-refractivity contribution in [3.63, 3.8) is 0 Å². The van der Waals surface area contributed by atoms with Gasteiger partial charge < -0.3 is 5.11 Å². The molecule has 2 aromatic carbocycles. The SMILES string of the molecule is CN(c1ccc(F)cc1)S(=O)(=O)c1ccc(CO)c(Cl)c1. The molecule has 112 valence electrons. The Balaban J connectivity index is 2.41. The summed E-state index contributed by atoms with van der Waals surface area (Å²) >= 11 is 5.91. The monoisotopic (exact) mass is 329 g/mol. The van der Waals surface area contributed by atoms with Crippen LogP contribution in [0.4, 0.5) is 10.1 Å². The fourth-order valence-corrected chi connectivity index (χ4v) is 3.29. The van der Waals surface area contributed by atoms with E-state index in [1.165, 1.54) is 49.5 Å². The minimum absolute atomic E-state index is 0.00322. The third-order valence-corrected chi connectivity index (χ3v) is 5.18. The lowest BCUT2D eigenvalue weighted by atomic mass is 10.2. The van der Waals surface area contributed by atoms with E-state index in [-0.39, 0.29) is 16.5 Å². The Kier molecular flexibility index (Phi) is 4.51. The third kappa shape index (κ3) is 3.18. The number of sulfonamides is 1. The predicted molar refractivity (Wildman–Crippen MR) is 79.4 cm³/mol. The minimum Gasteiger partial charge on any atom is -0.392 e. The number of halogens is 2. The van der Waals surface area contributed by atoms with Crippen molar-refractivity contribution in [3.8, 4) is 0 Å². The van der Waals surface area contributed by atoms with Crippen LogP contribution in [0.5, 0.6) is 0 Å². The van der Waals surface area contributed by atoms with Crippen LogP contribution in [-0.2, 0) is 16.6 Å². The van der Waals surface area contributed by atoms with Crippen molar-refractivity contribution in [2.24, 2.45) is 0 Å². The molecular weight excluding hydrogens is 317 g/mol. The van der Waals surface area contributed by atoms with Gasteiger partial charge in [-0.05, 0) is 42.0 Å². The molecule has 1 N–H and O–H groups in total. The average Bonchev–Trinajstić information content (AvgIpc) is 2.47. The number of hydrogen-bond acceptors (Lipinski definition) is 3. The summed E-state index contributed by atoms with van der Waals surface area (Å²) in [5, 5.41) is 9.22. The Morgan fingerprint density at radius 3 is 2.33 bits per heavy atom. The summed E-state index contributed by atoms with van der Waals surface area (Å²) in [6.45, 7) is -0.271. The maximum absolute atomic E-state index is 12.9. The maximum Gasteiger partial charge on any atom is 0.264 e. The van der Waals surface area contributed by atoms with Gasteiger partial charge in [0.25, 0.3) is 10.0 Å². The first-order valence-corrected chi connectivity index (χ1v) is 7.82. The van der Waals surface area contributed by atoms with Crippen LogP contribution in [0.1, 0.15) is 5.56 Å². The molecule has 0 aliphatic heterocycles. The van der Waals surface area contributed by atoms with E-state index >= 15 is 0 Å². The van der Waals surface area contributed by atoms with E-state index in [0.29, 0.717) is 11.3 Å². The molecule has 21 heavy (non-hydrogen) atoms. The maximum atomic E-state index is 12.9. The fraction of sp³-hybridized carbons (Fsp3) is 0.143. The summed E-state index contributed by atoms with van der Waals surface area (Å²) in [5.74, 6) is -0.445. The summed E-state index contributed by atoms with van der Waals surface area (Å²) in [4.78, 5) is -0.00322. The molecule has 0 aliphatic carbocycles. The van der Waals surface area contributed by atoms with Crippen LogP contribution in [0.2, 0.25) is 5.02 Å². The Morgan fingerprint density at radius 2 is 1.81 bits per heavy atom. The molecule has 0 spiro atoms. The highest BCUT2D eigenvalue weighted by molar-refractivity contribution is 7.92. The zero-order valence-electron chi connectivity index (χ0n) is 11.1. The molecule has 4 nitrogen and oxygen atoms in total. The topological polar surface area (TPSA) is 57.6 Å². The summed E-state index contributed by atoms with van der Waals surface area (Å²) in [6, 6.07) is 9.21. The first-order chi connectivity index (χ1) is 9.86. The molecule has 0 heterocycles. The highest BCUT2D eigenvalue weighted by Gasteiger charge is 2.22. The van der Waals surface area contributed by atoms with Crippen LogP contribution in [0, 0.1) is 5.82 Å². The van der Waals surface area contributed by atoms with Gasteiger partial charge in [0.15, 0.2) is 0 Å². The van der Waals surface area contributed by atoms with Gasteiger partial charge in [-0.15, -0.1) is 0 Å². The van der Waals surface area contributed by atoms with Crippen LogP contribution in [0.3, 0.4) is 0 Å². The summed E-state index contributed by atoms with van der Waals surface area (Å²) < 4.78 is 38.9. The van der Waals surface area contributed by atoms with E-state index < -0.39 is 15.8 Å². The molecule has 0 amide bonds. The van der Waals surface area contributed by atoms with Crippen LogP contribution in [0.25, 0.3) is 0 Å². The molecule has 0 unspecified atom stereocenters. The molecule has 2 rings (SSSR count). The van der Waals surface area contributed by atoms with Crippen molar-refractivity contribution in [1.29, 1.82) is 0 Å². The first kappa shape index (κ1) is 15.8. The van der Waals surface area contributed by atoms with E-state index in [9.17, 15) is 12.8 Å². The quantitative estimate of drug-likeness (QED) is 0.938. The fourth-order valence-electron chi connectivity index (χ4n) is 1.76. The highest BCUT2D eigenvalue weighted by atomic mass is 35.5. The van der Waals surface area contributed by atoms with Gasteiger partial charge in [0, 0.05) is 12.1 Å². The van der Waals surface area contributed by atoms with E-state index in [4.69, 9.17) is 16.7 Å². The van der Waals surface area contributed by atoms with E-state index in [1.807, 2.05) is 0 Å². The Labute approximate surface area is 127 Å². The number of anilines is 1. The average molecular weight is 330 g/mol. The van der Waals surface area contributed by atoms with Gasteiger partial charge in [-0.2, -0.15) is 0 Å². The van der Waals surface area contributed by atoms with Gasteiger partial charge in [0.2, 0.25) is 0 Å².